The number of carbonyl (C=O) groups excluding carboxylic acids is 2. The van der Waals surface area contributed by atoms with E-state index in [4.69, 9.17) is 0 Å². The molecule has 1 aliphatic rings. The summed E-state index contributed by atoms with van der Waals surface area (Å²) >= 11 is 1.37. The number of anilines is 2. The van der Waals surface area contributed by atoms with E-state index in [9.17, 15) is 9.59 Å². The van der Waals surface area contributed by atoms with Crippen molar-refractivity contribution in [2.24, 2.45) is 0 Å². The lowest BCUT2D eigenvalue weighted by molar-refractivity contribution is 0.103. The number of nitrogens with one attached hydrogen (secondary N) is 1. The van der Waals surface area contributed by atoms with Gasteiger partial charge in [0.05, 0.1) is 27.6 Å². The molecule has 144 valence electrons. The number of likely N-dealkylation sites (N-methyl/N-ethyl adjacent to an activating group) is 1. The number of aromatic nitrogens is 2. The van der Waals surface area contributed by atoms with E-state index >= 15 is 0 Å². The van der Waals surface area contributed by atoms with Gasteiger partial charge in [-0.1, -0.05) is 12.1 Å². The lowest BCUT2D eigenvalue weighted by Crippen LogP contribution is -2.30. The highest BCUT2D eigenvalue weighted by Gasteiger charge is 2.29. The highest BCUT2D eigenvalue weighted by Crippen LogP contribution is 2.34. The van der Waals surface area contributed by atoms with E-state index < -0.39 is 0 Å². The van der Waals surface area contributed by atoms with Gasteiger partial charge in [-0.3, -0.25) is 14.7 Å². The van der Waals surface area contributed by atoms with Crippen molar-refractivity contribution in [3.05, 3.63) is 45.5 Å². The number of hydrogen-bond donors (Lipinski definition) is 1. The number of carbonyl (C=O) groups is 2. The maximum Gasteiger partial charge on any atom is 0.324 e. The standard InChI is InChI=1S/C20H21N5O2S/c1-11-10-21-16-14(17(11)25-9-8-24(4)20(25)27)6-5-7-15(16)23-19(26)18-12(2)22-13(3)28-18/h5-7,10H,8-9H2,1-4H3,(H,23,26). The van der Waals surface area contributed by atoms with Crippen LogP contribution < -0.4 is 10.2 Å². The van der Waals surface area contributed by atoms with Crippen LogP contribution in [0.2, 0.25) is 0 Å². The zero-order chi connectivity index (χ0) is 20.0. The molecule has 1 fully saturated rings. The van der Waals surface area contributed by atoms with Gasteiger partial charge in [0, 0.05) is 31.7 Å². The largest absolute Gasteiger partial charge is 0.326 e. The molecule has 7 nitrogen and oxygen atoms in total. The average Bonchev–Trinajstić information content (AvgIpc) is 3.17. The number of amides is 3. The smallest absolute Gasteiger partial charge is 0.324 e. The summed E-state index contributed by atoms with van der Waals surface area (Å²) < 4.78 is 0. The van der Waals surface area contributed by atoms with Gasteiger partial charge in [-0.15, -0.1) is 11.3 Å². The van der Waals surface area contributed by atoms with Crippen molar-refractivity contribution < 1.29 is 9.59 Å². The number of rotatable bonds is 3. The van der Waals surface area contributed by atoms with E-state index in [0.29, 0.717) is 29.2 Å². The molecule has 1 saturated heterocycles. The third kappa shape index (κ3) is 2.99. The third-order valence-corrected chi connectivity index (χ3v) is 5.97. The number of para-hydroxylation sites is 1. The fraction of sp³-hybridized carbons (Fsp3) is 0.300. The molecule has 0 saturated carbocycles. The summed E-state index contributed by atoms with van der Waals surface area (Å²) in [6.45, 7) is 6.97. The Morgan fingerprint density at radius 3 is 2.64 bits per heavy atom. The minimum Gasteiger partial charge on any atom is -0.326 e. The van der Waals surface area contributed by atoms with E-state index in [0.717, 1.165) is 27.3 Å². The van der Waals surface area contributed by atoms with E-state index in [1.165, 1.54) is 11.3 Å². The molecule has 1 N–H and O–H groups in total. The Hall–Kier alpha value is -3.00. The number of pyridine rings is 1. The van der Waals surface area contributed by atoms with Crippen LogP contribution in [0.4, 0.5) is 16.2 Å². The zero-order valence-corrected chi connectivity index (χ0v) is 17.1. The number of aryl methyl sites for hydroxylation is 3. The number of hydrogen-bond acceptors (Lipinski definition) is 5. The molecule has 0 bridgehead atoms. The topological polar surface area (TPSA) is 78.4 Å². The second kappa shape index (κ2) is 6.87. The molecule has 2 aromatic heterocycles. The van der Waals surface area contributed by atoms with Gasteiger partial charge in [0.1, 0.15) is 4.88 Å². The van der Waals surface area contributed by atoms with Gasteiger partial charge in [0.25, 0.3) is 5.91 Å². The van der Waals surface area contributed by atoms with Gasteiger partial charge in [-0.25, -0.2) is 9.78 Å². The fourth-order valence-corrected chi connectivity index (χ4v) is 4.36. The van der Waals surface area contributed by atoms with E-state index in [-0.39, 0.29) is 11.9 Å². The van der Waals surface area contributed by atoms with Gasteiger partial charge in [-0.05, 0) is 32.4 Å². The average molecular weight is 395 g/mol. The first-order valence-corrected chi connectivity index (χ1v) is 9.85. The molecule has 8 heteroatoms. The van der Waals surface area contributed by atoms with Crippen molar-refractivity contribution in [1.82, 2.24) is 14.9 Å². The summed E-state index contributed by atoms with van der Waals surface area (Å²) in [4.78, 5) is 38.3. The third-order valence-electron chi connectivity index (χ3n) is 4.90. The van der Waals surface area contributed by atoms with Crippen molar-refractivity contribution in [3.8, 4) is 0 Å². The predicted molar refractivity (Wildman–Crippen MR) is 111 cm³/mol. The van der Waals surface area contributed by atoms with Crippen LogP contribution in [0.25, 0.3) is 10.9 Å². The summed E-state index contributed by atoms with van der Waals surface area (Å²) in [5.41, 5.74) is 3.77. The second-order valence-corrected chi connectivity index (χ2v) is 8.15. The minimum atomic E-state index is -0.198. The first-order chi connectivity index (χ1) is 13.4. The minimum absolute atomic E-state index is 0.0270. The Kier molecular flexibility index (Phi) is 4.50. The van der Waals surface area contributed by atoms with Gasteiger partial charge < -0.3 is 10.2 Å². The van der Waals surface area contributed by atoms with Crippen LogP contribution in [0.15, 0.2) is 24.4 Å². The van der Waals surface area contributed by atoms with Crippen LogP contribution in [-0.2, 0) is 0 Å². The molecule has 3 amide bonds. The van der Waals surface area contributed by atoms with Gasteiger partial charge in [0.2, 0.25) is 0 Å². The molecule has 0 radical (unpaired) electrons. The highest BCUT2D eigenvalue weighted by molar-refractivity contribution is 7.13. The lowest BCUT2D eigenvalue weighted by atomic mass is 10.1. The zero-order valence-electron chi connectivity index (χ0n) is 16.2. The molecule has 0 atom stereocenters. The van der Waals surface area contributed by atoms with Crippen LogP contribution in [0, 0.1) is 20.8 Å². The van der Waals surface area contributed by atoms with Gasteiger partial charge in [0.15, 0.2) is 0 Å². The SMILES string of the molecule is Cc1nc(C)c(C(=O)Nc2cccc3c(N4CCN(C)C4=O)c(C)cnc23)s1. The van der Waals surface area contributed by atoms with Crippen molar-refractivity contribution in [2.45, 2.75) is 20.8 Å². The normalized spacial score (nSPS) is 14.2. The summed E-state index contributed by atoms with van der Waals surface area (Å²) in [6, 6.07) is 5.61. The molecular formula is C20H21N5O2S. The Morgan fingerprint density at radius 2 is 2.00 bits per heavy atom. The van der Waals surface area contributed by atoms with Gasteiger partial charge >= 0.3 is 6.03 Å². The van der Waals surface area contributed by atoms with Crippen LogP contribution in [0.1, 0.15) is 25.9 Å². The molecule has 0 unspecified atom stereocenters. The Balaban J connectivity index is 1.77. The van der Waals surface area contributed by atoms with E-state index in [1.54, 1.807) is 23.0 Å². The highest BCUT2D eigenvalue weighted by atomic mass is 32.1. The predicted octanol–water partition coefficient (Wildman–Crippen LogP) is 3.74. The number of nitrogens with zero attached hydrogens (tertiary/aromatic N) is 4. The molecule has 1 aliphatic heterocycles. The molecular weight excluding hydrogens is 374 g/mol. The monoisotopic (exact) mass is 395 g/mol. The maximum atomic E-state index is 12.8. The molecule has 0 spiro atoms. The number of benzene rings is 1. The lowest BCUT2D eigenvalue weighted by Gasteiger charge is -2.21. The molecule has 4 rings (SSSR count). The summed E-state index contributed by atoms with van der Waals surface area (Å²) in [6.07, 6.45) is 1.75. The first-order valence-electron chi connectivity index (χ1n) is 9.03. The Morgan fingerprint density at radius 1 is 1.21 bits per heavy atom. The Bertz CT molecular complexity index is 1110. The second-order valence-electron chi connectivity index (χ2n) is 6.95. The molecule has 28 heavy (non-hydrogen) atoms. The van der Waals surface area contributed by atoms with Gasteiger partial charge in [-0.2, -0.15) is 0 Å². The first kappa shape index (κ1) is 18.4. The summed E-state index contributed by atoms with van der Waals surface area (Å²) in [5.74, 6) is -0.198. The number of urea groups is 1. The van der Waals surface area contributed by atoms with Crippen LogP contribution in [0.3, 0.4) is 0 Å². The molecule has 0 aliphatic carbocycles. The van der Waals surface area contributed by atoms with Crippen LogP contribution in [-0.4, -0.2) is 46.9 Å². The fourth-order valence-electron chi connectivity index (χ4n) is 3.54. The number of fused-ring (bicyclic) bond motifs is 1. The molecule has 3 aromatic rings. The Labute approximate surface area is 167 Å². The van der Waals surface area contributed by atoms with Crippen LogP contribution in [0.5, 0.6) is 0 Å². The maximum absolute atomic E-state index is 12.8. The van der Waals surface area contributed by atoms with Crippen molar-refractivity contribution >= 4 is 45.6 Å². The van der Waals surface area contributed by atoms with Crippen molar-refractivity contribution in [1.29, 1.82) is 0 Å². The van der Waals surface area contributed by atoms with E-state index in [1.807, 2.05) is 39.0 Å². The van der Waals surface area contributed by atoms with Crippen LogP contribution >= 0.6 is 11.3 Å². The van der Waals surface area contributed by atoms with E-state index in [2.05, 4.69) is 15.3 Å². The van der Waals surface area contributed by atoms with Crippen molar-refractivity contribution in [3.63, 3.8) is 0 Å². The number of thiazole rings is 1. The summed E-state index contributed by atoms with van der Waals surface area (Å²) in [5, 5.41) is 4.67. The quantitative estimate of drug-likeness (QED) is 0.733. The summed E-state index contributed by atoms with van der Waals surface area (Å²) in [7, 11) is 1.80. The molecule has 3 heterocycles. The molecule has 1 aromatic carbocycles. The van der Waals surface area contributed by atoms with Crippen molar-refractivity contribution in [2.75, 3.05) is 30.4 Å².